The van der Waals surface area contributed by atoms with Crippen LogP contribution >= 0.6 is 0 Å². The lowest BCUT2D eigenvalue weighted by molar-refractivity contribution is 0.568. The number of furan rings is 1. The fourth-order valence-electron chi connectivity index (χ4n) is 9.17. The Morgan fingerprint density at radius 1 is 0.344 bits per heavy atom. The molecule has 64 heavy (non-hydrogen) atoms. The van der Waals surface area contributed by atoms with Crippen LogP contribution in [0.5, 0.6) is 0 Å². The first-order chi connectivity index (χ1) is 30.3. The van der Waals surface area contributed by atoms with Gasteiger partial charge >= 0.3 is 0 Å². The predicted molar refractivity (Wildman–Crippen MR) is 277 cm³/mol. The van der Waals surface area contributed by atoms with Crippen molar-refractivity contribution in [3.63, 3.8) is 0 Å². The van der Waals surface area contributed by atoms with Gasteiger partial charge in [-0.25, -0.2) is 0 Å². The summed E-state index contributed by atoms with van der Waals surface area (Å²) in [4.78, 5) is 2.49. The van der Waals surface area contributed by atoms with Gasteiger partial charge in [-0.2, -0.15) is 0 Å². The third-order valence-corrected chi connectivity index (χ3v) is 13.1. The second kappa shape index (κ2) is 15.7. The van der Waals surface area contributed by atoms with Gasteiger partial charge in [0.05, 0.1) is 11.4 Å². The van der Waals surface area contributed by atoms with Gasteiger partial charge in [-0.3, -0.25) is 0 Å². The molecule has 9 rings (SSSR count). The van der Waals surface area contributed by atoms with Gasteiger partial charge in [0, 0.05) is 27.6 Å². The van der Waals surface area contributed by atoms with E-state index >= 15 is 0 Å². The van der Waals surface area contributed by atoms with E-state index < -0.39 is 0 Å². The molecular weight excluding hydrogens is 775 g/mol. The number of hydrogen-bond donors (Lipinski definition) is 0. The summed E-state index contributed by atoms with van der Waals surface area (Å²) in [6, 6.07) is 61.2. The van der Waals surface area contributed by atoms with Gasteiger partial charge in [0.1, 0.15) is 11.2 Å². The van der Waals surface area contributed by atoms with Gasteiger partial charge in [0.15, 0.2) is 0 Å². The minimum absolute atomic E-state index is 0.00856. The van der Waals surface area contributed by atoms with E-state index in [1.807, 2.05) is 6.07 Å². The Balaban J connectivity index is 1.34. The summed E-state index contributed by atoms with van der Waals surface area (Å²) in [6.07, 6.45) is 0. The van der Waals surface area contributed by atoms with Crippen LogP contribution in [0.25, 0.3) is 66.1 Å². The summed E-state index contributed by atoms with van der Waals surface area (Å²) >= 11 is 0. The van der Waals surface area contributed by atoms with Crippen molar-refractivity contribution in [1.82, 2.24) is 0 Å². The first-order valence-corrected chi connectivity index (χ1v) is 23.0. The zero-order chi connectivity index (χ0) is 45.3. The molecule has 1 heterocycles. The molecule has 0 saturated heterocycles. The maximum Gasteiger partial charge on any atom is 0.135 e. The van der Waals surface area contributed by atoms with Gasteiger partial charge in [0.25, 0.3) is 0 Å². The highest BCUT2D eigenvalue weighted by Crippen LogP contribution is 2.49. The monoisotopic (exact) mass is 837 g/mol. The molecule has 0 spiro atoms. The molecule has 2 nitrogen and oxygen atoms in total. The van der Waals surface area contributed by atoms with E-state index in [0.29, 0.717) is 0 Å². The van der Waals surface area contributed by atoms with E-state index in [2.05, 4.69) is 246 Å². The van der Waals surface area contributed by atoms with E-state index in [-0.39, 0.29) is 21.7 Å². The van der Waals surface area contributed by atoms with Gasteiger partial charge in [0.2, 0.25) is 0 Å². The van der Waals surface area contributed by atoms with Crippen LogP contribution in [0.15, 0.2) is 168 Å². The minimum atomic E-state index is -0.0310. The number of rotatable bonds is 6. The zero-order valence-corrected chi connectivity index (χ0v) is 39.9. The number of fused-ring (bicyclic) bond motifs is 4. The lowest BCUT2D eigenvalue weighted by Crippen LogP contribution is -2.17. The minimum Gasteiger partial charge on any atom is -0.456 e. The topological polar surface area (TPSA) is 16.4 Å². The summed E-state index contributed by atoms with van der Waals surface area (Å²) in [5.74, 6) is 0. The largest absolute Gasteiger partial charge is 0.456 e. The van der Waals surface area contributed by atoms with Crippen LogP contribution in [0.1, 0.15) is 105 Å². The van der Waals surface area contributed by atoms with Crippen molar-refractivity contribution < 1.29 is 4.42 Å². The third-order valence-electron chi connectivity index (χ3n) is 13.1. The Morgan fingerprint density at radius 3 is 1.34 bits per heavy atom. The van der Waals surface area contributed by atoms with Gasteiger partial charge < -0.3 is 9.32 Å². The van der Waals surface area contributed by atoms with E-state index in [1.54, 1.807) is 0 Å². The Kier molecular flexibility index (Phi) is 10.5. The van der Waals surface area contributed by atoms with Crippen LogP contribution in [-0.2, 0) is 21.7 Å². The van der Waals surface area contributed by atoms with Crippen LogP contribution in [0.3, 0.4) is 0 Å². The van der Waals surface area contributed by atoms with Crippen molar-refractivity contribution in [3.8, 4) is 33.4 Å². The zero-order valence-electron chi connectivity index (χ0n) is 39.9. The number of anilines is 3. The van der Waals surface area contributed by atoms with Crippen molar-refractivity contribution in [2.75, 3.05) is 4.90 Å². The molecular formula is C62H63NO. The SMILES string of the molecule is CC(C)(C)c1cc(-c2ccccc2N(c2ccc3oc4ccccc4c3c2)c2ccccc2-c2cccc3cccc(-c4cc(C(C)(C)C)cc(C(C)(C)C)c4)c23)cc(C(C)(C)C)c1. The molecule has 0 amide bonds. The molecule has 0 aliphatic carbocycles. The first-order valence-electron chi connectivity index (χ1n) is 23.0. The molecule has 0 N–H and O–H groups in total. The Bertz CT molecular complexity index is 3130. The smallest absolute Gasteiger partial charge is 0.135 e. The van der Waals surface area contributed by atoms with Crippen molar-refractivity contribution in [1.29, 1.82) is 0 Å². The second-order valence-corrected chi connectivity index (χ2v) is 22.0. The quantitative estimate of drug-likeness (QED) is 0.166. The van der Waals surface area contributed by atoms with Crippen LogP contribution in [0, 0.1) is 0 Å². The molecule has 0 atom stereocenters. The molecule has 0 radical (unpaired) electrons. The normalized spacial score (nSPS) is 12.7. The molecule has 0 bridgehead atoms. The Labute approximate surface area is 381 Å². The summed E-state index contributed by atoms with van der Waals surface area (Å²) in [5, 5.41) is 4.67. The Morgan fingerprint density at radius 2 is 0.781 bits per heavy atom. The van der Waals surface area contributed by atoms with Crippen molar-refractivity contribution in [3.05, 3.63) is 186 Å². The highest BCUT2D eigenvalue weighted by atomic mass is 16.3. The number of benzene rings is 8. The Hall–Kier alpha value is -6.38. The maximum atomic E-state index is 6.42. The highest BCUT2D eigenvalue weighted by Gasteiger charge is 2.27. The van der Waals surface area contributed by atoms with Crippen molar-refractivity contribution in [2.45, 2.75) is 105 Å². The average molecular weight is 838 g/mol. The van der Waals surface area contributed by atoms with Gasteiger partial charge in [-0.05, 0) is 113 Å². The van der Waals surface area contributed by atoms with Crippen molar-refractivity contribution in [2.24, 2.45) is 0 Å². The lowest BCUT2D eigenvalue weighted by atomic mass is 9.78. The summed E-state index contributed by atoms with van der Waals surface area (Å²) in [6.45, 7) is 27.8. The molecule has 9 aromatic rings. The summed E-state index contributed by atoms with van der Waals surface area (Å²) < 4.78 is 6.42. The van der Waals surface area contributed by atoms with Crippen LogP contribution < -0.4 is 4.90 Å². The molecule has 0 unspecified atom stereocenters. The fourth-order valence-corrected chi connectivity index (χ4v) is 9.17. The average Bonchev–Trinajstić information content (AvgIpc) is 3.63. The van der Waals surface area contributed by atoms with E-state index in [4.69, 9.17) is 4.42 Å². The molecule has 0 saturated carbocycles. The van der Waals surface area contributed by atoms with Crippen LogP contribution in [0.2, 0.25) is 0 Å². The van der Waals surface area contributed by atoms with E-state index in [0.717, 1.165) is 44.6 Å². The summed E-state index contributed by atoms with van der Waals surface area (Å²) in [5.41, 5.74) is 17.6. The highest BCUT2D eigenvalue weighted by molar-refractivity contribution is 6.10. The third kappa shape index (κ3) is 8.04. The molecule has 0 fully saturated rings. The molecule has 1 aromatic heterocycles. The maximum absolute atomic E-state index is 6.42. The standard InChI is InChI=1S/C62H63NO/c1-59(2,3)43-33-41(34-44(37-43)60(4,5)6)48-23-13-16-28-54(48)63(47-31-32-57-53(39-47)51-25-15-18-30-56(51)64-57)55-29-17-14-24-50(55)52-27-20-22-40-21-19-26-49(58(40)52)42-35-45(61(7,8)9)38-46(36-42)62(10,11)12/h13-39H,1-12H3. The molecule has 8 aromatic carbocycles. The molecule has 0 aliphatic heterocycles. The molecule has 322 valence electrons. The predicted octanol–water partition coefficient (Wildman–Crippen LogP) is 18.4. The fraction of sp³-hybridized carbons (Fsp3) is 0.258. The van der Waals surface area contributed by atoms with E-state index in [1.165, 1.54) is 60.8 Å². The van der Waals surface area contributed by atoms with E-state index in [9.17, 15) is 0 Å². The van der Waals surface area contributed by atoms with Gasteiger partial charge in [-0.1, -0.05) is 210 Å². The number of nitrogens with zero attached hydrogens (tertiary/aromatic N) is 1. The van der Waals surface area contributed by atoms with Gasteiger partial charge in [-0.15, -0.1) is 0 Å². The number of para-hydroxylation sites is 3. The molecule has 2 heteroatoms. The van der Waals surface area contributed by atoms with Crippen LogP contribution in [0.4, 0.5) is 17.1 Å². The lowest BCUT2D eigenvalue weighted by Gasteiger charge is -2.31. The number of hydrogen-bond acceptors (Lipinski definition) is 2. The molecule has 0 aliphatic rings. The first kappa shape index (κ1) is 42.9. The summed E-state index contributed by atoms with van der Waals surface area (Å²) in [7, 11) is 0. The van der Waals surface area contributed by atoms with Crippen LogP contribution in [-0.4, -0.2) is 0 Å². The van der Waals surface area contributed by atoms with Crippen molar-refractivity contribution >= 4 is 49.8 Å². The second-order valence-electron chi connectivity index (χ2n) is 22.0.